The molecule has 2 aliphatic rings. The molecule has 68 valence electrons. The Hall–Kier alpha value is -1.38. The molecule has 3 heteroatoms. The lowest BCUT2D eigenvalue weighted by atomic mass is 10.2. The number of carbonyl (C=O) groups excluding carboxylic acids is 2. The monoisotopic (exact) mass is 177 g/mol. The predicted molar refractivity (Wildman–Crippen MR) is 47.8 cm³/mol. The third-order valence-corrected chi connectivity index (χ3v) is 2.48. The molecule has 0 spiro atoms. The number of carbonyl (C=O) groups is 2. The van der Waals surface area contributed by atoms with Crippen molar-refractivity contribution in [2.75, 3.05) is 0 Å². The van der Waals surface area contributed by atoms with Crippen LogP contribution in [0.3, 0.4) is 0 Å². The van der Waals surface area contributed by atoms with Gasteiger partial charge in [0.2, 0.25) is 0 Å². The molecule has 0 atom stereocenters. The molecular formula is C10H11NO2. The van der Waals surface area contributed by atoms with Crippen molar-refractivity contribution in [1.82, 2.24) is 4.90 Å². The van der Waals surface area contributed by atoms with Gasteiger partial charge in [-0.15, -0.1) is 0 Å². The van der Waals surface area contributed by atoms with Crippen LogP contribution in [0.4, 0.5) is 0 Å². The zero-order chi connectivity index (χ0) is 9.42. The van der Waals surface area contributed by atoms with Gasteiger partial charge < -0.3 is 0 Å². The largest absolute Gasteiger partial charge is 0.271 e. The third kappa shape index (κ3) is 1.20. The molecule has 13 heavy (non-hydrogen) atoms. The number of amides is 2. The summed E-state index contributed by atoms with van der Waals surface area (Å²) in [5.74, 6) is -0.282. The molecule has 0 saturated carbocycles. The average molecular weight is 177 g/mol. The van der Waals surface area contributed by atoms with Gasteiger partial charge in [-0.1, -0.05) is 12.2 Å². The summed E-state index contributed by atoms with van der Waals surface area (Å²) in [4.78, 5) is 24.3. The standard InChI is InChI=1S/C10H11NO2/c1-7-6-9(12)11(10(7)13)8-4-2-3-5-8/h2-3,6,8H,4-5H2,1H3. The van der Waals surface area contributed by atoms with E-state index in [1.54, 1.807) is 6.92 Å². The van der Waals surface area contributed by atoms with Crippen LogP contribution in [0.1, 0.15) is 19.8 Å². The number of rotatable bonds is 1. The first kappa shape index (κ1) is 8.23. The van der Waals surface area contributed by atoms with Gasteiger partial charge in [0.1, 0.15) is 0 Å². The highest BCUT2D eigenvalue weighted by Crippen LogP contribution is 2.23. The highest BCUT2D eigenvalue weighted by atomic mass is 16.2. The molecular weight excluding hydrogens is 166 g/mol. The SMILES string of the molecule is CC1=CC(=O)N(C2CC=CC2)C1=O. The van der Waals surface area contributed by atoms with E-state index in [0.29, 0.717) is 5.57 Å². The second-order valence-electron chi connectivity index (χ2n) is 3.44. The summed E-state index contributed by atoms with van der Waals surface area (Å²) < 4.78 is 0. The molecule has 0 aromatic heterocycles. The first-order chi connectivity index (χ1) is 6.20. The molecule has 0 radical (unpaired) electrons. The lowest BCUT2D eigenvalue weighted by molar-refractivity contribution is -0.139. The Morgan fingerprint density at radius 1 is 1.31 bits per heavy atom. The highest BCUT2D eigenvalue weighted by molar-refractivity contribution is 6.16. The average Bonchev–Trinajstić information content (AvgIpc) is 2.63. The van der Waals surface area contributed by atoms with Crippen molar-refractivity contribution < 1.29 is 9.59 Å². The van der Waals surface area contributed by atoms with Crippen LogP contribution in [0.5, 0.6) is 0 Å². The van der Waals surface area contributed by atoms with Crippen LogP contribution >= 0.6 is 0 Å². The van der Waals surface area contributed by atoms with Gasteiger partial charge in [-0.05, 0) is 19.8 Å². The van der Waals surface area contributed by atoms with Gasteiger partial charge in [0.15, 0.2) is 0 Å². The summed E-state index contributed by atoms with van der Waals surface area (Å²) in [6.07, 6.45) is 7.05. The van der Waals surface area contributed by atoms with Crippen molar-refractivity contribution in [3.05, 3.63) is 23.8 Å². The van der Waals surface area contributed by atoms with Crippen LogP contribution in [-0.4, -0.2) is 22.8 Å². The minimum atomic E-state index is -0.156. The molecule has 1 aliphatic heterocycles. The van der Waals surface area contributed by atoms with Crippen LogP contribution in [0, 0.1) is 0 Å². The van der Waals surface area contributed by atoms with E-state index < -0.39 is 0 Å². The zero-order valence-electron chi connectivity index (χ0n) is 7.49. The highest BCUT2D eigenvalue weighted by Gasteiger charge is 2.34. The summed E-state index contributed by atoms with van der Waals surface area (Å²) in [6.45, 7) is 1.68. The maximum absolute atomic E-state index is 11.5. The molecule has 0 bridgehead atoms. The fourth-order valence-electron chi connectivity index (χ4n) is 1.77. The van der Waals surface area contributed by atoms with Gasteiger partial charge in [0.05, 0.1) is 0 Å². The molecule has 0 saturated heterocycles. The Kier molecular flexibility index (Phi) is 1.79. The Labute approximate surface area is 76.7 Å². The van der Waals surface area contributed by atoms with Crippen LogP contribution in [0.15, 0.2) is 23.8 Å². The summed E-state index contributed by atoms with van der Waals surface area (Å²) in [5.41, 5.74) is 0.553. The van der Waals surface area contributed by atoms with Gasteiger partial charge in [-0.25, -0.2) is 0 Å². The maximum Gasteiger partial charge on any atom is 0.256 e. The molecule has 0 aromatic carbocycles. The van der Waals surface area contributed by atoms with Gasteiger partial charge in [-0.3, -0.25) is 14.5 Å². The second kappa shape index (κ2) is 2.83. The molecule has 2 amide bonds. The van der Waals surface area contributed by atoms with Gasteiger partial charge in [-0.2, -0.15) is 0 Å². The predicted octanol–water partition coefficient (Wildman–Crippen LogP) is 1.02. The van der Waals surface area contributed by atoms with Crippen molar-refractivity contribution >= 4 is 11.8 Å². The van der Waals surface area contributed by atoms with E-state index >= 15 is 0 Å². The topological polar surface area (TPSA) is 37.4 Å². The first-order valence-electron chi connectivity index (χ1n) is 4.41. The Bertz CT molecular complexity index is 320. The lowest BCUT2D eigenvalue weighted by Gasteiger charge is -2.21. The Morgan fingerprint density at radius 3 is 2.38 bits per heavy atom. The first-order valence-corrected chi connectivity index (χ1v) is 4.41. The van der Waals surface area contributed by atoms with E-state index in [0.717, 1.165) is 12.8 Å². The number of hydrogen-bond acceptors (Lipinski definition) is 2. The lowest BCUT2D eigenvalue weighted by Crippen LogP contribution is -2.39. The van der Waals surface area contributed by atoms with Crippen molar-refractivity contribution in [2.45, 2.75) is 25.8 Å². The molecule has 1 heterocycles. The molecule has 2 rings (SSSR count). The smallest absolute Gasteiger partial charge is 0.256 e. The summed E-state index contributed by atoms with van der Waals surface area (Å²) in [5, 5.41) is 0. The van der Waals surface area contributed by atoms with E-state index in [1.165, 1.54) is 11.0 Å². The van der Waals surface area contributed by atoms with Gasteiger partial charge in [0, 0.05) is 17.7 Å². The Balaban J connectivity index is 2.18. The third-order valence-electron chi connectivity index (χ3n) is 2.48. The molecule has 0 unspecified atom stereocenters. The van der Waals surface area contributed by atoms with E-state index in [9.17, 15) is 9.59 Å². The number of imide groups is 1. The van der Waals surface area contributed by atoms with Crippen molar-refractivity contribution in [2.24, 2.45) is 0 Å². The summed E-state index contributed by atoms with van der Waals surface area (Å²) in [6, 6.07) is 0.0636. The fourth-order valence-corrected chi connectivity index (χ4v) is 1.77. The van der Waals surface area contributed by atoms with Gasteiger partial charge in [0.25, 0.3) is 11.8 Å². The van der Waals surface area contributed by atoms with E-state index in [2.05, 4.69) is 0 Å². The maximum atomic E-state index is 11.5. The van der Waals surface area contributed by atoms with E-state index in [4.69, 9.17) is 0 Å². The summed E-state index contributed by atoms with van der Waals surface area (Å²) >= 11 is 0. The van der Waals surface area contributed by atoms with Crippen molar-refractivity contribution in [1.29, 1.82) is 0 Å². The van der Waals surface area contributed by atoms with E-state index in [1.807, 2.05) is 12.2 Å². The minimum absolute atomic E-state index is 0.0636. The number of nitrogens with zero attached hydrogens (tertiary/aromatic N) is 1. The van der Waals surface area contributed by atoms with Crippen molar-refractivity contribution in [3.8, 4) is 0 Å². The molecule has 1 aliphatic carbocycles. The molecule has 0 aromatic rings. The number of hydrogen-bond donors (Lipinski definition) is 0. The van der Waals surface area contributed by atoms with Crippen LogP contribution in [0.2, 0.25) is 0 Å². The Morgan fingerprint density at radius 2 is 1.92 bits per heavy atom. The van der Waals surface area contributed by atoms with Gasteiger partial charge >= 0.3 is 0 Å². The molecule has 0 N–H and O–H groups in total. The normalized spacial score (nSPS) is 23.2. The quantitative estimate of drug-likeness (QED) is 0.443. The van der Waals surface area contributed by atoms with Crippen LogP contribution in [-0.2, 0) is 9.59 Å². The fraction of sp³-hybridized carbons (Fsp3) is 0.400. The van der Waals surface area contributed by atoms with Crippen LogP contribution < -0.4 is 0 Å². The van der Waals surface area contributed by atoms with Crippen LogP contribution in [0.25, 0.3) is 0 Å². The van der Waals surface area contributed by atoms with E-state index in [-0.39, 0.29) is 17.9 Å². The molecule has 3 nitrogen and oxygen atoms in total. The zero-order valence-corrected chi connectivity index (χ0v) is 7.49. The molecule has 0 fully saturated rings. The second-order valence-corrected chi connectivity index (χ2v) is 3.44. The summed E-state index contributed by atoms with van der Waals surface area (Å²) in [7, 11) is 0. The van der Waals surface area contributed by atoms with Crippen molar-refractivity contribution in [3.63, 3.8) is 0 Å². The minimum Gasteiger partial charge on any atom is -0.271 e.